The molecule has 0 spiro atoms. The molecule has 0 aliphatic rings. The topological polar surface area (TPSA) is 86.8 Å². The van der Waals surface area contributed by atoms with Crippen LogP contribution in [-0.4, -0.2) is 50.0 Å². The molecule has 0 aromatic heterocycles. The van der Waals surface area contributed by atoms with Gasteiger partial charge >= 0.3 is 0 Å². The van der Waals surface area contributed by atoms with Gasteiger partial charge in [0.25, 0.3) is 0 Å². The van der Waals surface area contributed by atoms with E-state index < -0.39 is 28.5 Å². The van der Waals surface area contributed by atoms with E-state index in [0.717, 1.165) is 39.2 Å². The van der Waals surface area contributed by atoms with Gasteiger partial charge < -0.3 is 10.2 Å². The molecule has 0 fully saturated rings. The lowest BCUT2D eigenvalue weighted by atomic mass is 10.0. The molecule has 3 aromatic rings. The van der Waals surface area contributed by atoms with E-state index in [1.165, 1.54) is 4.90 Å². The molecular formula is C31H39N3O4S. The highest BCUT2D eigenvalue weighted by molar-refractivity contribution is 7.92. The highest BCUT2D eigenvalue weighted by atomic mass is 32.2. The van der Waals surface area contributed by atoms with E-state index in [0.29, 0.717) is 12.1 Å². The number of carbonyl (C=O) groups is 2. The summed E-state index contributed by atoms with van der Waals surface area (Å²) in [5, 5.41) is 3.04. The van der Waals surface area contributed by atoms with E-state index in [1.807, 2.05) is 82.3 Å². The van der Waals surface area contributed by atoms with Crippen molar-refractivity contribution in [2.75, 3.05) is 17.1 Å². The van der Waals surface area contributed by atoms with Crippen molar-refractivity contribution in [2.45, 2.75) is 59.2 Å². The second kappa shape index (κ2) is 13.4. The molecule has 0 heterocycles. The highest BCUT2D eigenvalue weighted by Crippen LogP contribution is 2.21. The van der Waals surface area contributed by atoms with Crippen molar-refractivity contribution in [2.24, 2.45) is 0 Å². The van der Waals surface area contributed by atoms with E-state index >= 15 is 0 Å². The molecule has 2 atom stereocenters. The molecule has 0 saturated carbocycles. The van der Waals surface area contributed by atoms with Gasteiger partial charge in [-0.15, -0.1) is 0 Å². The third-order valence-corrected chi connectivity index (χ3v) is 8.02. The zero-order chi connectivity index (χ0) is 28.6. The van der Waals surface area contributed by atoms with Crippen molar-refractivity contribution in [3.63, 3.8) is 0 Å². The van der Waals surface area contributed by atoms with Gasteiger partial charge in [-0.25, -0.2) is 8.42 Å². The highest BCUT2D eigenvalue weighted by Gasteiger charge is 2.33. The van der Waals surface area contributed by atoms with Crippen LogP contribution >= 0.6 is 0 Å². The van der Waals surface area contributed by atoms with E-state index in [4.69, 9.17) is 0 Å². The van der Waals surface area contributed by atoms with Crippen molar-refractivity contribution in [1.82, 2.24) is 10.2 Å². The quantitative estimate of drug-likeness (QED) is 0.357. The maximum atomic E-state index is 14.1. The monoisotopic (exact) mass is 549 g/mol. The van der Waals surface area contributed by atoms with Crippen LogP contribution in [0.2, 0.25) is 0 Å². The Balaban J connectivity index is 2.06. The summed E-state index contributed by atoms with van der Waals surface area (Å²) in [5.41, 5.74) is 4.15. The number of rotatable bonds is 12. The number of anilines is 1. The molecule has 0 saturated heterocycles. The first-order valence-corrected chi connectivity index (χ1v) is 15.1. The van der Waals surface area contributed by atoms with Gasteiger partial charge in [0.2, 0.25) is 21.8 Å². The third kappa shape index (κ3) is 8.42. The lowest BCUT2D eigenvalue weighted by Crippen LogP contribution is -2.54. The van der Waals surface area contributed by atoms with Crippen molar-refractivity contribution < 1.29 is 18.0 Å². The summed E-state index contributed by atoms with van der Waals surface area (Å²) >= 11 is 0. The van der Waals surface area contributed by atoms with Crippen LogP contribution in [0.4, 0.5) is 5.69 Å². The minimum atomic E-state index is -3.78. The van der Waals surface area contributed by atoms with Crippen LogP contribution in [-0.2, 0) is 32.6 Å². The molecule has 3 rings (SSSR count). The molecule has 208 valence electrons. The molecule has 0 radical (unpaired) electrons. The van der Waals surface area contributed by atoms with Crippen molar-refractivity contribution in [3.8, 4) is 0 Å². The largest absolute Gasteiger partial charge is 0.352 e. The van der Waals surface area contributed by atoms with Crippen LogP contribution in [0, 0.1) is 13.8 Å². The Hall–Kier alpha value is -3.65. The Bertz CT molecular complexity index is 1360. The Morgan fingerprint density at radius 1 is 0.897 bits per heavy atom. The Morgan fingerprint density at radius 2 is 1.51 bits per heavy atom. The fraction of sp³-hybridized carbons (Fsp3) is 0.355. The third-order valence-electron chi connectivity index (χ3n) is 6.88. The lowest BCUT2D eigenvalue weighted by molar-refractivity contribution is -0.140. The van der Waals surface area contributed by atoms with Gasteiger partial charge in [0.05, 0.1) is 11.9 Å². The van der Waals surface area contributed by atoms with Gasteiger partial charge in [-0.2, -0.15) is 0 Å². The minimum Gasteiger partial charge on any atom is -0.352 e. The van der Waals surface area contributed by atoms with Crippen molar-refractivity contribution in [1.29, 1.82) is 0 Å². The normalized spacial score (nSPS) is 12.8. The second-order valence-electron chi connectivity index (χ2n) is 10.1. The number of amides is 2. The maximum absolute atomic E-state index is 14.1. The molecule has 2 amide bonds. The van der Waals surface area contributed by atoms with Gasteiger partial charge in [-0.3, -0.25) is 13.9 Å². The number of nitrogens with zero attached hydrogens (tertiary/aromatic N) is 2. The molecule has 7 nitrogen and oxygen atoms in total. The number of aryl methyl sites for hydroxylation is 2. The molecule has 39 heavy (non-hydrogen) atoms. The van der Waals surface area contributed by atoms with Gasteiger partial charge in [0.1, 0.15) is 12.6 Å². The van der Waals surface area contributed by atoms with Crippen LogP contribution in [0.1, 0.15) is 42.5 Å². The number of nitrogens with one attached hydrogen (secondary N) is 1. The summed E-state index contributed by atoms with van der Waals surface area (Å²) in [7, 11) is -3.78. The standard InChI is InChI=1S/C31H39N3O4S/c1-6-25(4)32-31(36)29(20-26-13-8-7-9-14-26)33(21-27-15-11-10-12-24(27)3)30(35)22-34(39(5,37)38)28-18-16-23(2)17-19-28/h7-19,25,29H,6,20-22H2,1-5H3,(H,32,36)/t25-,29-/m1/s1. The molecular weight excluding hydrogens is 510 g/mol. The van der Waals surface area contributed by atoms with E-state index in [1.54, 1.807) is 24.3 Å². The molecule has 0 bridgehead atoms. The molecule has 1 N–H and O–H groups in total. The number of hydrogen-bond acceptors (Lipinski definition) is 4. The predicted molar refractivity (Wildman–Crippen MR) is 157 cm³/mol. The first-order valence-electron chi connectivity index (χ1n) is 13.2. The molecule has 8 heteroatoms. The van der Waals surface area contributed by atoms with Crippen LogP contribution in [0.3, 0.4) is 0 Å². The van der Waals surface area contributed by atoms with Gasteiger partial charge in [-0.05, 0) is 56.0 Å². The van der Waals surface area contributed by atoms with Crippen LogP contribution in [0.5, 0.6) is 0 Å². The number of hydrogen-bond donors (Lipinski definition) is 1. The fourth-order valence-corrected chi connectivity index (χ4v) is 5.14. The molecule has 0 aliphatic heterocycles. The summed E-state index contributed by atoms with van der Waals surface area (Å²) in [6.45, 7) is 7.52. The SMILES string of the molecule is CC[C@@H](C)NC(=O)[C@@H](Cc1ccccc1)N(Cc1ccccc1C)C(=O)CN(c1ccc(C)cc1)S(C)(=O)=O. The number of sulfonamides is 1. The maximum Gasteiger partial charge on any atom is 0.244 e. The molecule has 0 aliphatic carbocycles. The van der Waals surface area contributed by atoms with Crippen molar-refractivity contribution in [3.05, 3.63) is 101 Å². The average molecular weight is 550 g/mol. The van der Waals surface area contributed by atoms with Crippen LogP contribution in [0.25, 0.3) is 0 Å². The van der Waals surface area contributed by atoms with E-state index in [-0.39, 0.29) is 18.5 Å². The average Bonchev–Trinajstić information content (AvgIpc) is 2.90. The Morgan fingerprint density at radius 3 is 2.10 bits per heavy atom. The minimum absolute atomic E-state index is 0.0775. The van der Waals surface area contributed by atoms with E-state index in [2.05, 4.69) is 5.32 Å². The summed E-state index contributed by atoms with van der Waals surface area (Å²) in [4.78, 5) is 29.3. The Kier molecular flexibility index (Phi) is 10.3. The van der Waals surface area contributed by atoms with Gasteiger partial charge in [-0.1, -0.05) is 79.2 Å². The predicted octanol–water partition coefficient (Wildman–Crippen LogP) is 4.62. The summed E-state index contributed by atoms with van der Waals surface area (Å²) in [5.74, 6) is -0.721. The van der Waals surface area contributed by atoms with Crippen LogP contribution in [0.15, 0.2) is 78.9 Å². The molecule has 3 aromatic carbocycles. The zero-order valence-corrected chi connectivity index (χ0v) is 24.2. The zero-order valence-electron chi connectivity index (χ0n) is 23.4. The smallest absolute Gasteiger partial charge is 0.244 e. The lowest BCUT2D eigenvalue weighted by Gasteiger charge is -2.34. The van der Waals surface area contributed by atoms with Gasteiger partial charge in [0.15, 0.2) is 0 Å². The summed E-state index contributed by atoms with van der Waals surface area (Å²) in [6.07, 6.45) is 2.12. The first kappa shape index (κ1) is 29.9. The first-order chi connectivity index (χ1) is 18.5. The van der Waals surface area contributed by atoms with Crippen LogP contribution < -0.4 is 9.62 Å². The summed E-state index contributed by atoms with van der Waals surface area (Å²) in [6, 6.07) is 23.3. The van der Waals surface area contributed by atoms with E-state index in [9.17, 15) is 18.0 Å². The number of carbonyl (C=O) groups excluding carboxylic acids is 2. The van der Waals surface area contributed by atoms with Gasteiger partial charge in [0, 0.05) is 19.0 Å². The second-order valence-corrected chi connectivity index (χ2v) is 12.0. The Labute approximate surface area is 232 Å². The van der Waals surface area contributed by atoms with Crippen molar-refractivity contribution >= 4 is 27.5 Å². The molecule has 0 unspecified atom stereocenters. The summed E-state index contributed by atoms with van der Waals surface area (Å²) < 4.78 is 26.8. The fourth-order valence-electron chi connectivity index (χ4n) is 4.29. The number of benzene rings is 3.